The highest BCUT2D eigenvalue weighted by atomic mass is 14.8. The lowest BCUT2D eigenvalue weighted by molar-refractivity contribution is 1.05. The van der Waals surface area contributed by atoms with E-state index in [-0.39, 0.29) is 0 Å². The van der Waals surface area contributed by atoms with Crippen molar-refractivity contribution in [3.63, 3.8) is 0 Å². The molecule has 0 amide bonds. The zero-order chi connectivity index (χ0) is 9.80. The Bertz CT molecular complexity index is 412. The van der Waals surface area contributed by atoms with E-state index in [2.05, 4.69) is 21.9 Å². The van der Waals surface area contributed by atoms with Crippen LogP contribution in [0.4, 0.5) is 0 Å². The van der Waals surface area contributed by atoms with Crippen LogP contribution in [0.1, 0.15) is 12.5 Å². The van der Waals surface area contributed by atoms with Gasteiger partial charge in [0.25, 0.3) is 0 Å². The molecule has 0 N–H and O–H groups in total. The standard InChI is InChI=1S/C11H11N3/c1-2-9-7-13-8-14-11(9)10-3-5-12-6-4-10/h3-8H,2H2,1H3. The van der Waals surface area contributed by atoms with E-state index < -0.39 is 0 Å². The first-order valence-electron chi connectivity index (χ1n) is 4.61. The second-order valence-corrected chi connectivity index (χ2v) is 2.99. The van der Waals surface area contributed by atoms with E-state index >= 15 is 0 Å². The van der Waals surface area contributed by atoms with Gasteiger partial charge in [-0.1, -0.05) is 6.92 Å². The molecule has 2 rings (SSSR count). The lowest BCUT2D eigenvalue weighted by Gasteiger charge is -2.04. The Balaban J connectivity index is 2.51. The summed E-state index contributed by atoms with van der Waals surface area (Å²) in [5.41, 5.74) is 3.27. The maximum Gasteiger partial charge on any atom is 0.116 e. The first kappa shape index (κ1) is 8.81. The Morgan fingerprint density at radius 1 is 1.14 bits per heavy atom. The van der Waals surface area contributed by atoms with Crippen LogP contribution in [0.25, 0.3) is 11.3 Å². The molecule has 0 atom stereocenters. The quantitative estimate of drug-likeness (QED) is 0.719. The minimum Gasteiger partial charge on any atom is -0.265 e. The molecule has 0 aromatic carbocycles. The minimum absolute atomic E-state index is 0.943. The summed E-state index contributed by atoms with van der Waals surface area (Å²) in [6, 6.07) is 3.92. The second kappa shape index (κ2) is 3.96. The number of aryl methyl sites for hydroxylation is 1. The van der Waals surface area contributed by atoms with Gasteiger partial charge in [-0.05, 0) is 24.1 Å². The van der Waals surface area contributed by atoms with Gasteiger partial charge >= 0.3 is 0 Å². The fraction of sp³-hybridized carbons (Fsp3) is 0.182. The van der Waals surface area contributed by atoms with Gasteiger partial charge in [-0.3, -0.25) is 4.98 Å². The van der Waals surface area contributed by atoms with Gasteiger partial charge in [0, 0.05) is 24.2 Å². The van der Waals surface area contributed by atoms with Crippen molar-refractivity contribution >= 4 is 0 Å². The summed E-state index contributed by atoms with van der Waals surface area (Å²) in [4.78, 5) is 12.3. The van der Waals surface area contributed by atoms with Crippen LogP contribution >= 0.6 is 0 Å². The Hall–Kier alpha value is -1.77. The van der Waals surface area contributed by atoms with E-state index in [1.807, 2.05) is 18.3 Å². The molecule has 0 spiro atoms. The van der Waals surface area contributed by atoms with Gasteiger partial charge in [0.05, 0.1) is 5.69 Å². The Kier molecular flexibility index (Phi) is 2.49. The molecule has 70 valence electrons. The Labute approximate surface area is 82.9 Å². The molecule has 0 saturated heterocycles. The van der Waals surface area contributed by atoms with E-state index in [9.17, 15) is 0 Å². The summed E-state index contributed by atoms with van der Waals surface area (Å²) in [5.74, 6) is 0. The van der Waals surface area contributed by atoms with Crippen molar-refractivity contribution in [2.75, 3.05) is 0 Å². The molecule has 3 heteroatoms. The molecule has 14 heavy (non-hydrogen) atoms. The van der Waals surface area contributed by atoms with Crippen LogP contribution in [0.2, 0.25) is 0 Å². The van der Waals surface area contributed by atoms with Crippen molar-refractivity contribution in [3.8, 4) is 11.3 Å². The topological polar surface area (TPSA) is 38.7 Å². The van der Waals surface area contributed by atoms with Crippen LogP contribution < -0.4 is 0 Å². The summed E-state index contributed by atoms with van der Waals surface area (Å²) in [6.45, 7) is 2.10. The predicted octanol–water partition coefficient (Wildman–Crippen LogP) is 2.10. The number of nitrogens with zero attached hydrogens (tertiary/aromatic N) is 3. The minimum atomic E-state index is 0.943. The maximum absolute atomic E-state index is 4.28. The van der Waals surface area contributed by atoms with Crippen molar-refractivity contribution in [2.24, 2.45) is 0 Å². The Morgan fingerprint density at radius 3 is 2.64 bits per heavy atom. The molecule has 0 saturated carbocycles. The lowest BCUT2D eigenvalue weighted by Crippen LogP contribution is -1.92. The van der Waals surface area contributed by atoms with Crippen LogP contribution in [0, 0.1) is 0 Å². The van der Waals surface area contributed by atoms with Crippen molar-refractivity contribution in [1.82, 2.24) is 15.0 Å². The molecule has 0 aliphatic carbocycles. The van der Waals surface area contributed by atoms with Crippen molar-refractivity contribution in [1.29, 1.82) is 0 Å². The van der Waals surface area contributed by atoms with E-state index in [1.54, 1.807) is 18.7 Å². The highest BCUT2D eigenvalue weighted by molar-refractivity contribution is 5.61. The molecule has 0 bridgehead atoms. The van der Waals surface area contributed by atoms with Crippen molar-refractivity contribution < 1.29 is 0 Å². The number of pyridine rings is 1. The first-order valence-corrected chi connectivity index (χ1v) is 4.61. The Morgan fingerprint density at radius 2 is 1.93 bits per heavy atom. The van der Waals surface area contributed by atoms with Gasteiger partial charge in [0.15, 0.2) is 0 Å². The summed E-state index contributed by atoms with van der Waals surface area (Å²) in [6.07, 6.45) is 7.93. The molecule has 0 fully saturated rings. The highest BCUT2D eigenvalue weighted by Crippen LogP contribution is 2.19. The maximum atomic E-state index is 4.28. The monoisotopic (exact) mass is 185 g/mol. The zero-order valence-electron chi connectivity index (χ0n) is 8.01. The van der Waals surface area contributed by atoms with Crippen LogP contribution in [0.3, 0.4) is 0 Å². The van der Waals surface area contributed by atoms with Gasteiger partial charge in [-0.25, -0.2) is 9.97 Å². The average molecular weight is 185 g/mol. The molecule has 2 aromatic heterocycles. The molecular formula is C11H11N3. The fourth-order valence-corrected chi connectivity index (χ4v) is 1.39. The van der Waals surface area contributed by atoms with E-state index in [0.717, 1.165) is 17.7 Å². The molecule has 2 aromatic rings. The third kappa shape index (κ3) is 1.62. The smallest absolute Gasteiger partial charge is 0.116 e. The molecule has 0 aliphatic heterocycles. The van der Waals surface area contributed by atoms with Crippen molar-refractivity contribution in [3.05, 3.63) is 42.6 Å². The molecular weight excluding hydrogens is 174 g/mol. The van der Waals surface area contributed by atoms with E-state index in [4.69, 9.17) is 0 Å². The number of aromatic nitrogens is 3. The van der Waals surface area contributed by atoms with Gasteiger partial charge < -0.3 is 0 Å². The molecule has 0 unspecified atom stereocenters. The van der Waals surface area contributed by atoms with Crippen LogP contribution in [-0.4, -0.2) is 15.0 Å². The normalized spacial score (nSPS) is 10.1. The third-order valence-corrected chi connectivity index (χ3v) is 2.12. The summed E-state index contributed by atoms with van der Waals surface area (Å²) < 4.78 is 0. The molecule has 0 aliphatic rings. The first-order chi connectivity index (χ1) is 6.92. The van der Waals surface area contributed by atoms with E-state index in [1.165, 1.54) is 5.56 Å². The van der Waals surface area contributed by atoms with Gasteiger partial charge in [0.1, 0.15) is 6.33 Å². The van der Waals surface area contributed by atoms with Crippen LogP contribution in [-0.2, 0) is 6.42 Å². The fourth-order valence-electron chi connectivity index (χ4n) is 1.39. The third-order valence-electron chi connectivity index (χ3n) is 2.12. The van der Waals surface area contributed by atoms with Gasteiger partial charge in [0.2, 0.25) is 0 Å². The predicted molar refractivity (Wildman–Crippen MR) is 54.6 cm³/mol. The lowest BCUT2D eigenvalue weighted by atomic mass is 10.1. The zero-order valence-corrected chi connectivity index (χ0v) is 8.01. The number of hydrogen-bond donors (Lipinski definition) is 0. The summed E-state index contributed by atoms with van der Waals surface area (Å²) in [5, 5.41) is 0. The highest BCUT2D eigenvalue weighted by Gasteiger charge is 2.03. The summed E-state index contributed by atoms with van der Waals surface area (Å²) >= 11 is 0. The number of hydrogen-bond acceptors (Lipinski definition) is 3. The van der Waals surface area contributed by atoms with E-state index in [0.29, 0.717) is 0 Å². The molecule has 2 heterocycles. The molecule has 0 radical (unpaired) electrons. The van der Waals surface area contributed by atoms with Gasteiger partial charge in [-0.15, -0.1) is 0 Å². The summed E-state index contributed by atoms with van der Waals surface area (Å²) in [7, 11) is 0. The van der Waals surface area contributed by atoms with Crippen LogP contribution in [0.5, 0.6) is 0 Å². The SMILES string of the molecule is CCc1cncnc1-c1ccncc1. The average Bonchev–Trinajstić information content (AvgIpc) is 2.30. The second-order valence-electron chi connectivity index (χ2n) is 2.99. The number of rotatable bonds is 2. The van der Waals surface area contributed by atoms with Crippen molar-refractivity contribution in [2.45, 2.75) is 13.3 Å². The van der Waals surface area contributed by atoms with Gasteiger partial charge in [-0.2, -0.15) is 0 Å². The largest absolute Gasteiger partial charge is 0.265 e. The van der Waals surface area contributed by atoms with Crippen LogP contribution in [0.15, 0.2) is 37.1 Å². The molecule has 3 nitrogen and oxygen atoms in total.